The molecule has 0 aliphatic carbocycles. The SMILES string of the molecule is CCN1CCN([C@@H](c2cc3cc(C)c(C)cc3[nH]c2=O)c2nnnn2Cc2ccc(F)cc2)CC1. The molecule has 35 heavy (non-hydrogen) atoms. The van der Waals surface area contributed by atoms with Gasteiger partial charge in [0.25, 0.3) is 5.56 Å². The summed E-state index contributed by atoms with van der Waals surface area (Å²) in [6, 6.07) is 12.0. The summed E-state index contributed by atoms with van der Waals surface area (Å²) in [6.07, 6.45) is 0. The molecule has 0 amide bonds. The Labute approximate surface area is 203 Å². The van der Waals surface area contributed by atoms with Crippen LogP contribution in [0.25, 0.3) is 10.9 Å². The Balaban J connectivity index is 1.60. The molecule has 1 saturated heterocycles. The summed E-state index contributed by atoms with van der Waals surface area (Å²) in [5.41, 5.74) is 4.50. The zero-order valence-corrected chi connectivity index (χ0v) is 20.3. The maximum atomic E-state index is 13.4. The lowest BCUT2D eigenvalue weighted by Gasteiger charge is -2.38. The van der Waals surface area contributed by atoms with Crippen molar-refractivity contribution in [2.24, 2.45) is 0 Å². The van der Waals surface area contributed by atoms with Gasteiger partial charge in [0, 0.05) is 37.3 Å². The van der Waals surface area contributed by atoms with Gasteiger partial charge in [0.2, 0.25) is 0 Å². The van der Waals surface area contributed by atoms with E-state index in [-0.39, 0.29) is 11.4 Å². The maximum absolute atomic E-state index is 13.4. The van der Waals surface area contributed by atoms with Gasteiger partial charge >= 0.3 is 0 Å². The fourth-order valence-corrected chi connectivity index (χ4v) is 4.82. The smallest absolute Gasteiger partial charge is 0.253 e. The Morgan fingerprint density at radius 1 is 1.03 bits per heavy atom. The van der Waals surface area contributed by atoms with Crippen LogP contribution in [0.2, 0.25) is 0 Å². The molecule has 0 unspecified atom stereocenters. The number of benzene rings is 2. The third-order valence-corrected chi connectivity index (χ3v) is 7.05. The minimum atomic E-state index is -0.404. The number of piperazine rings is 1. The molecule has 1 atom stereocenters. The molecule has 0 radical (unpaired) electrons. The molecule has 8 nitrogen and oxygen atoms in total. The molecule has 2 aromatic carbocycles. The largest absolute Gasteiger partial charge is 0.322 e. The number of nitrogens with one attached hydrogen (secondary N) is 1. The average molecular weight is 476 g/mol. The van der Waals surface area contributed by atoms with Crippen molar-refractivity contribution in [3.63, 3.8) is 0 Å². The number of aromatic amines is 1. The Hall–Kier alpha value is -3.43. The van der Waals surface area contributed by atoms with E-state index in [4.69, 9.17) is 0 Å². The fourth-order valence-electron chi connectivity index (χ4n) is 4.82. The zero-order valence-electron chi connectivity index (χ0n) is 20.3. The summed E-state index contributed by atoms with van der Waals surface area (Å²) < 4.78 is 15.1. The van der Waals surface area contributed by atoms with Crippen LogP contribution in [0.15, 0.2) is 47.3 Å². The molecule has 0 spiro atoms. The van der Waals surface area contributed by atoms with Crippen LogP contribution in [-0.4, -0.2) is 67.7 Å². The maximum Gasteiger partial charge on any atom is 0.253 e. The molecular formula is C26H30FN7O. The van der Waals surface area contributed by atoms with E-state index < -0.39 is 6.04 Å². The number of rotatable bonds is 6. The van der Waals surface area contributed by atoms with Crippen LogP contribution in [0.5, 0.6) is 0 Å². The van der Waals surface area contributed by atoms with Crippen molar-refractivity contribution in [2.45, 2.75) is 33.4 Å². The summed E-state index contributed by atoms with van der Waals surface area (Å²) in [5.74, 6) is 0.318. The van der Waals surface area contributed by atoms with Crippen molar-refractivity contribution < 1.29 is 4.39 Å². The molecule has 5 rings (SSSR count). The van der Waals surface area contributed by atoms with Crippen molar-refractivity contribution in [3.8, 4) is 0 Å². The molecule has 9 heteroatoms. The third-order valence-electron chi connectivity index (χ3n) is 7.05. The van der Waals surface area contributed by atoms with Crippen LogP contribution in [-0.2, 0) is 6.54 Å². The summed E-state index contributed by atoms with van der Waals surface area (Å²) >= 11 is 0. The minimum Gasteiger partial charge on any atom is -0.322 e. The molecule has 4 aromatic rings. The van der Waals surface area contributed by atoms with Crippen molar-refractivity contribution in [3.05, 3.63) is 86.7 Å². The average Bonchev–Trinajstić information content (AvgIpc) is 3.30. The number of likely N-dealkylation sites (N-methyl/N-ethyl adjacent to an activating group) is 1. The number of hydrogen-bond acceptors (Lipinski definition) is 6. The standard InChI is InChI=1S/C26H30FN7O/c1-4-32-9-11-33(12-10-32)24(22-15-20-13-17(2)18(3)14-23(20)28-26(22)35)25-29-30-31-34(25)16-19-5-7-21(27)8-6-19/h5-8,13-15,24H,4,9-12,16H2,1-3H3,(H,28,35)/t24-/m0/s1. The first-order valence-corrected chi connectivity index (χ1v) is 12.0. The van der Waals surface area contributed by atoms with Crippen molar-refractivity contribution in [2.75, 3.05) is 32.7 Å². The molecule has 2 aromatic heterocycles. The fraction of sp³-hybridized carbons (Fsp3) is 0.385. The first-order valence-electron chi connectivity index (χ1n) is 12.0. The van der Waals surface area contributed by atoms with Gasteiger partial charge in [-0.15, -0.1) is 5.10 Å². The first-order chi connectivity index (χ1) is 16.9. The Kier molecular flexibility index (Phi) is 6.44. The van der Waals surface area contributed by atoms with Crippen LogP contribution in [0, 0.1) is 19.7 Å². The quantitative estimate of drug-likeness (QED) is 0.462. The lowest BCUT2D eigenvalue weighted by atomic mass is 10.00. The molecule has 3 heterocycles. The van der Waals surface area contributed by atoms with Crippen molar-refractivity contribution in [1.29, 1.82) is 0 Å². The predicted octanol–water partition coefficient (Wildman–Crippen LogP) is 3.05. The Morgan fingerprint density at radius 3 is 2.46 bits per heavy atom. The van der Waals surface area contributed by atoms with Crippen LogP contribution in [0.3, 0.4) is 0 Å². The number of tetrazole rings is 1. The summed E-state index contributed by atoms with van der Waals surface area (Å²) in [7, 11) is 0. The van der Waals surface area contributed by atoms with Gasteiger partial charge in [-0.2, -0.15) is 0 Å². The van der Waals surface area contributed by atoms with E-state index in [9.17, 15) is 9.18 Å². The van der Waals surface area contributed by atoms with E-state index in [1.807, 2.05) is 19.1 Å². The van der Waals surface area contributed by atoms with Crippen LogP contribution >= 0.6 is 0 Å². The Bertz CT molecular complexity index is 1390. The number of H-pyrrole nitrogens is 1. The highest BCUT2D eigenvalue weighted by Gasteiger charge is 2.32. The van der Waals surface area contributed by atoms with E-state index in [2.05, 4.69) is 50.2 Å². The number of aryl methyl sites for hydroxylation is 2. The van der Waals surface area contributed by atoms with Crippen molar-refractivity contribution >= 4 is 10.9 Å². The van der Waals surface area contributed by atoms with Crippen LogP contribution in [0.1, 0.15) is 41.0 Å². The predicted molar refractivity (Wildman–Crippen MR) is 133 cm³/mol. The van der Waals surface area contributed by atoms with E-state index in [0.29, 0.717) is 17.9 Å². The molecule has 1 fully saturated rings. The number of aromatic nitrogens is 5. The molecule has 1 aliphatic heterocycles. The second-order valence-electron chi connectivity index (χ2n) is 9.27. The number of pyridine rings is 1. The van der Waals surface area contributed by atoms with Gasteiger partial charge < -0.3 is 9.88 Å². The normalized spacial score (nSPS) is 16.1. The second kappa shape index (κ2) is 9.67. The molecule has 1 aliphatic rings. The highest BCUT2D eigenvalue weighted by molar-refractivity contribution is 5.81. The van der Waals surface area contributed by atoms with E-state index >= 15 is 0 Å². The number of hydrogen-bond donors (Lipinski definition) is 1. The van der Waals surface area contributed by atoms with Crippen LogP contribution < -0.4 is 5.56 Å². The number of fused-ring (bicyclic) bond motifs is 1. The summed E-state index contributed by atoms with van der Waals surface area (Å²) in [6.45, 7) is 11.1. The van der Waals surface area contributed by atoms with Crippen molar-refractivity contribution in [1.82, 2.24) is 35.0 Å². The van der Waals surface area contributed by atoms with E-state index in [1.54, 1.807) is 16.8 Å². The third kappa shape index (κ3) is 4.74. The van der Waals surface area contributed by atoms with E-state index in [0.717, 1.165) is 54.8 Å². The second-order valence-corrected chi connectivity index (χ2v) is 9.27. The molecule has 0 saturated carbocycles. The monoisotopic (exact) mass is 475 g/mol. The van der Waals surface area contributed by atoms with Crippen LogP contribution in [0.4, 0.5) is 4.39 Å². The topological polar surface area (TPSA) is 82.9 Å². The zero-order chi connectivity index (χ0) is 24.5. The number of nitrogens with zero attached hydrogens (tertiary/aromatic N) is 6. The van der Waals surface area contributed by atoms with Gasteiger partial charge in [0.1, 0.15) is 11.9 Å². The first kappa shape index (κ1) is 23.3. The molecule has 1 N–H and O–H groups in total. The van der Waals surface area contributed by atoms with Gasteiger partial charge in [0.15, 0.2) is 5.82 Å². The molecular weight excluding hydrogens is 445 g/mol. The Morgan fingerprint density at radius 2 is 1.74 bits per heavy atom. The van der Waals surface area contributed by atoms with Gasteiger partial charge in [-0.1, -0.05) is 19.1 Å². The van der Waals surface area contributed by atoms with Gasteiger partial charge in [-0.3, -0.25) is 9.69 Å². The minimum absolute atomic E-state index is 0.139. The lowest BCUT2D eigenvalue weighted by Crippen LogP contribution is -2.49. The summed E-state index contributed by atoms with van der Waals surface area (Å²) in [4.78, 5) is 21.2. The number of halogens is 1. The van der Waals surface area contributed by atoms with Gasteiger partial charge in [-0.05, 0) is 83.2 Å². The highest BCUT2D eigenvalue weighted by atomic mass is 19.1. The lowest BCUT2D eigenvalue weighted by molar-refractivity contribution is 0.108. The highest BCUT2D eigenvalue weighted by Crippen LogP contribution is 2.28. The summed E-state index contributed by atoms with van der Waals surface area (Å²) in [5, 5.41) is 13.6. The molecule has 182 valence electrons. The van der Waals surface area contributed by atoms with E-state index in [1.165, 1.54) is 17.7 Å². The van der Waals surface area contributed by atoms with Gasteiger partial charge in [-0.25, -0.2) is 9.07 Å². The van der Waals surface area contributed by atoms with Gasteiger partial charge in [0.05, 0.1) is 6.54 Å². The molecule has 0 bridgehead atoms.